The van der Waals surface area contributed by atoms with Crippen LogP contribution in [0.15, 0.2) is 41.8 Å². The molecule has 1 aromatic carbocycles. The smallest absolute Gasteiger partial charge is 0.270 e. The highest BCUT2D eigenvalue weighted by Crippen LogP contribution is 2.38. The molecular weight excluding hydrogens is 298 g/mol. The maximum atomic E-state index is 12.1. The van der Waals surface area contributed by atoms with Gasteiger partial charge in [0, 0.05) is 16.0 Å². The molecule has 22 heavy (non-hydrogen) atoms. The molecular formula is C16H13N3O2S. The van der Waals surface area contributed by atoms with Crippen LogP contribution in [0.3, 0.4) is 0 Å². The van der Waals surface area contributed by atoms with Gasteiger partial charge in [0.25, 0.3) is 5.91 Å². The van der Waals surface area contributed by atoms with E-state index >= 15 is 0 Å². The predicted molar refractivity (Wildman–Crippen MR) is 84.2 cm³/mol. The number of fused-ring (bicyclic) bond motifs is 1. The average molecular weight is 311 g/mol. The Morgan fingerprint density at radius 3 is 2.95 bits per heavy atom. The van der Waals surface area contributed by atoms with Crippen LogP contribution < -0.4 is 10.1 Å². The Kier molecular flexibility index (Phi) is 2.97. The van der Waals surface area contributed by atoms with Crippen molar-refractivity contribution in [1.29, 1.82) is 0 Å². The van der Waals surface area contributed by atoms with Gasteiger partial charge in [0.15, 0.2) is 0 Å². The minimum atomic E-state index is -0.151. The minimum Gasteiger partial charge on any atom is -0.497 e. The van der Waals surface area contributed by atoms with Crippen LogP contribution in [-0.2, 0) is 0 Å². The van der Waals surface area contributed by atoms with E-state index in [1.165, 1.54) is 0 Å². The Bertz CT molecular complexity index is 839. The number of rotatable bonds is 3. The summed E-state index contributed by atoms with van der Waals surface area (Å²) in [6.07, 6.45) is 0. The van der Waals surface area contributed by atoms with Crippen LogP contribution in [0, 0.1) is 0 Å². The van der Waals surface area contributed by atoms with Gasteiger partial charge in [0.2, 0.25) is 0 Å². The van der Waals surface area contributed by atoms with Crippen molar-refractivity contribution in [3.63, 3.8) is 0 Å². The number of H-pyrrole nitrogens is 1. The van der Waals surface area contributed by atoms with Crippen LogP contribution in [0.25, 0.3) is 11.3 Å². The Morgan fingerprint density at radius 1 is 1.27 bits per heavy atom. The second-order valence-corrected chi connectivity index (χ2v) is 5.99. The SMILES string of the molecule is COc1cccc(-c2n[nH]c3c2[C@H](c2cccs2)NC3=O)c1. The fourth-order valence-corrected chi connectivity index (χ4v) is 3.52. The number of aromatic nitrogens is 2. The first kappa shape index (κ1) is 13.1. The normalized spacial score (nSPS) is 16.4. The van der Waals surface area contributed by atoms with Crippen molar-refractivity contribution < 1.29 is 9.53 Å². The van der Waals surface area contributed by atoms with Gasteiger partial charge in [0.05, 0.1) is 18.8 Å². The minimum absolute atomic E-state index is 0.116. The number of nitrogens with one attached hydrogen (secondary N) is 2. The van der Waals surface area contributed by atoms with Crippen molar-refractivity contribution in [3.8, 4) is 17.0 Å². The number of amides is 1. The van der Waals surface area contributed by atoms with Crippen molar-refractivity contribution in [1.82, 2.24) is 15.5 Å². The zero-order valence-electron chi connectivity index (χ0n) is 11.8. The number of hydrogen-bond donors (Lipinski definition) is 2. The van der Waals surface area contributed by atoms with Gasteiger partial charge < -0.3 is 10.1 Å². The zero-order valence-corrected chi connectivity index (χ0v) is 12.6. The Morgan fingerprint density at radius 2 is 2.18 bits per heavy atom. The Labute approximate surface area is 130 Å². The first-order valence-electron chi connectivity index (χ1n) is 6.85. The summed E-state index contributed by atoms with van der Waals surface area (Å²) in [6.45, 7) is 0. The number of hydrogen-bond acceptors (Lipinski definition) is 4. The lowest BCUT2D eigenvalue weighted by Gasteiger charge is -2.11. The number of carbonyl (C=O) groups excluding carboxylic acids is 1. The number of ether oxygens (including phenoxy) is 1. The highest BCUT2D eigenvalue weighted by Gasteiger charge is 2.35. The number of methoxy groups -OCH3 is 1. The van der Waals surface area contributed by atoms with E-state index in [0.717, 1.165) is 27.4 Å². The molecule has 4 rings (SSSR count). The number of benzene rings is 1. The standard InChI is InChI=1S/C16H13N3O2S/c1-21-10-5-2-4-9(8-10)13-12-14(11-6-3-7-22-11)17-16(20)15(12)19-18-13/h2-8,14H,1H3,(H,17,20)(H,18,19)/t14-/m0/s1. The van der Waals surface area contributed by atoms with Crippen LogP contribution in [0.4, 0.5) is 0 Å². The summed E-state index contributed by atoms with van der Waals surface area (Å²) in [5, 5.41) is 12.2. The summed E-state index contributed by atoms with van der Waals surface area (Å²) < 4.78 is 5.27. The van der Waals surface area contributed by atoms with Gasteiger partial charge in [-0.1, -0.05) is 18.2 Å². The van der Waals surface area contributed by atoms with E-state index in [4.69, 9.17) is 4.74 Å². The molecule has 1 atom stereocenters. The Hall–Kier alpha value is -2.60. The van der Waals surface area contributed by atoms with Crippen LogP contribution in [0.2, 0.25) is 0 Å². The summed E-state index contributed by atoms with van der Waals surface area (Å²) in [5.41, 5.74) is 3.15. The second kappa shape index (κ2) is 4.99. The van der Waals surface area contributed by atoms with Gasteiger partial charge in [-0.2, -0.15) is 5.10 Å². The molecule has 0 bridgehead atoms. The van der Waals surface area contributed by atoms with Gasteiger partial charge in [-0.15, -0.1) is 11.3 Å². The fraction of sp³-hybridized carbons (Fsp3) is 0.125. The lowest BCUT2D eigenvalue weighted by molar-refractivity contribution is 0.0956. The predicted octanol–water partition coefficient (Wildman–Crippen LogP) is 2.98. The molecule has 2 N–H and O–H groups in total. The van der Waals surface area contributed by atoms with E-state index in [2.05, 4.69) is 15.5 Å². The number of carbonyl (C=O) groups is 1. The number of aromatic amines is 1. The van der Waals surface area contributed by atoms with Gasteiger partial charge in [-0.25, -0.2) is 0 Å². The molecule has 0 saturated carbocycles. The highest BCUT2D eigenvalue weighted by molar-refractivity contribution is 7.10. The molecule has 0 spiro atoms. The van der Waals surface area contributed by atoms with Gasteiger partial charge in [0.1, 0.15) is 11.4 Å². The molecule has 2 aromatic heterocycles. The summed E-state index contributed by atoms with van der Waals surface area (Å²) in [5.74, 6) is 0.647. The van der Waals surface area contributed by atoms with Crippen molar-refractivity contribution in [2.24, 2.45) is 0 Å². The van der Waals surface area contributed by atoms with E-state index in [-0.39, 0.29) is 11.9 Å². The summed E-state index contributed by atoms with van der Waals surface area (Å²) in [7, 11) is 1.63. The first-order chi connectivity index (χ1) is 10.8. The molecule has 0 unspecified atom stereocenters. The maximum absolute atomic E-state index is 12.1. The van der Waals surface area contributed by atoms with E-state index in [0.29, 0.717) is 5.69 Å². The van der Waals surface area contributed by atoms with Crippen LogP contribution >= 0.6 is 11.3 Å². The van der Waals surface area contributed by atoms with Crippen LogP contribution in [-0.4, -0.2) is 23.2 Å². The van der Waals surface area contributed by atoms with Crippen molar-refractivity contribution in [2.45, 2.75) is 6.04 Å². The molecule has 0 aliphatic carbocycles. The summed E-state index contributed by atoms with van der Waals surface area (Å²) in [4.78, 5) is 13.2. The summed E-state index contributed by atoms with van der Waals surface area (Å²) in [6, 6.07) is 11.5. The maximum Gasteiger partial charge on any atom is 0.270 e. The second-order valence-electron chi connectivity index (χ2n) is 5.01. The molecule has 110 valence electrons. The Balaban J connectivity index is 1.86. The van der Waals surface area contributed by atoms with Crippen molar-refractivity contribution >= 4 is 17.2 Å². The third-order valence-corrected chi connectivity index (χ3v) is 4.70. The third kappa shape index (κ3) is 1.92. The largest absolute Gasteiger partial charge is 0.497 e. The highest BCUT2D eigenvalue weighted by atomic mass is 32.1. The first-order valence-corrected chi connectivity index (χ1v) is 7.73. The van der Waals surface area contributed by atoms with Gasteiger partial charge >= 0.3 is 0 Å². The van der Waals surface area contributed by atoms with Gasteiger partial charge in [-0.3, -0.25) is 9.89 Å². The molecule has 6 heteroatoms. The van der Waals surface area contributed by atoms with E-state index in [1.807, 2.05) is 41.8 Å². The van der Waals surface area contributed by atoms with Crippen LogP contribution in [0.1, 0.15) is 27.0 Å². The fourth-order valence-electron chi connectivity index (χ4n) is 2.74. The average Bonchev–Trinajstić information content (AvgIpc) is 3.25. The molecule has 3 heterocycles. The molecule has 0 fully saturated rings. The monoisotopic (exact) mass is 311 g/mol. The number of nitrogens with zero attached hydrogens (tertiary/aromatic N) is 1. The lowest BCUT2D eigenvalue weighted by atomic mass is 10.0. The number of thiophene rings is 1. The summed E-state index contributed by atoms with van der Waals surface area (Å²) >= 11 is 1.62. The lowest BCUT2D eigenvalue weighted by Crippen LogP contribution is -2.20. The molecule has 1 aliphatic heterocycles. The van der Waals surface area contributed by atoms with Crippen molar-refractivity contribution in [2.75, 3.05) is 7.11 Å². The molecule has 3 aromatic rings. The van der Waals surface area contributed by atoms with Gasteiger partial charge in [-0.05, 0) is 23.6 Å². The molecule has 1 aliphatic rings. The van der Waals surface area contributed by atoms with E-state index < -0.39 is 0 Å². The van der Waals surface area contributed by atoms with Crippen LogP contribution in [0.5, 0.6) is 5.75 Å². The molecule has 0 saturated heterocycles. The quantitative estimate of drug-likeness (QED) is 0.781. The van der Waals surface area contributed by atoms with E-state index in [1.54, 1.807) is 18.4 Å². The third-order valence-electron chi connectivity index (χ3n) is 3.77. The zero-order chi connectivity index (χ0) is 15.1. The van der Waals surface area contributed by atoms with E-state index in [9.17, 15) is 4.79 Å². The molecule has 1 amide bonds. The van der Waals surface area contributed by atoms with Crippen molar-refractivity contribution in [3.05, 3.63) is 57.9 Å². The molecule has 0 radical (unpaired) electrons. The topological polar surface area (TPSA) is 67.0 Å². The molecule has 5 nitrogen and oxygen atoms in total.